The number of nitrogens with zero attached hydrogens (tertiary/aromatic N) is 1. The number of thioether (sulfide) groups is 1. The summed E-state index contributed by atoms with van der Waals surface area (Å²) in [5.41, 5.74) is 0.0860. The monoisotopic (exact) mass is 259 g/mol. The number of rotatable bonds is 5. The molecular weight excluding hydrogens is 234 g/mol. The van der Waals surface area contributed by atoms with Crippen molar-refractivity contribution in [2.24, 2.45) is 5.41 Å². The van der Waals surface area contributed by atoms with E-state index in [1.165, 1.54) is 0 Å². The maximum atomic E-state index is 11.2. The highest BCUT2D eigenvalue weighted by Crippen LogP contribution is 2.43. The summed E-state index contributed by atoms with van der Waals surface area (Å²) in [5.74, 6) is 1.41. The molecule has 0 aromatic heterocycles. The Morgan fingerprint density at radius 1 is 1.29 bits per heavy atom. The van der Waals surface area contributed by atoms with Gasteiger partial charge in [-0.2, -0.15) is 11.8 Å². The van der Waals surface area contributed by atoms with Crippen LogP contribution in [0.5, 0.6) is 0 Å². The third-order valence-corrected chi connectivity index (χ3v) is 5.31. The molecule has 0 aromatic rings. The number of carboxylic acids is 1. The predicted octanol–water partition coefficient (Wildman–Crippen LogP) is 2.70. The lowest BCUT2D eigenvalue weighted by Crippen LogP contribution is -2.56. The summed E-state index contributed by atoms with van der Waals surface area (Å²) in [5, 5.41) is 9.21. The molecule has 1 N–H and O–H groups in total. The van der Waals surface area contributed by atoms with Gasteiger partial charge in [0.15, 0.2) is 0 Å². The molecule has 1 aliphatic rings. The van der Waals surface area contributed by atoms with Crippen molar-refractivity contribution in [2.45, 2.75) is 46.1 Å². The number of hydrogen-bond donors (Lipinski definition) is 1. The van der Waals surface area contributed by atoms with Gasteiger partial charge in [-0.15, -0.1) is 0 Å². The van der Waals surface area contributed by atoms with E-state index in [0.29, 0.717) is 0 Å². The first kappa shape index (κ1) is 14.8. The number of carbonyl (C=O) groups is 1. The Kier molecular flexibility index (Phi) is 4.90. The van der Waals surface area contributed by atoms with Crippen molar-refractivity contribution in [3.05, 3.63) is 0 Å². The highest BCUT2D eigenvalue weighted by Gasteiger charge is 2.44. The Hall–Kier alpha value is -0.220. The van der Waals surface area contributed by atoms with Crippen molar-refractivity contribution in [1.29, 1.82) is 0 Å². The summed E-state index contributed by atoms with van der Waals surface area (Å²) >= 11 is 1.90. The van der Waals surface area contributed by atoms with Crippen molar-refractivity contribution in [3.63, 3.8) is 0 Å². The fraction of sp³-hybridized carbons (Fsp3) is 0.923. The van der Waals surface area contributed by atoms with Gasteiger partial charge < -0.3 is 5.11 Å². The van der Waals surface area contributed by atoms with Gasteiger partial charge in [-0.3, -0.25) is 9.69 Å². The summed E-state index contributed by atoms with van der Waals surface area (Å²) < 4.78 is 0. The van der Waals surface area contributed by atoms with E-state index in [-0.39, 0.29) is 17.4 Å². The topological polar surface area (TPSA) is 40.5 Å². The van der Waals surface area contributed by atoms with E-state index in [9.17, 15) is 9.90 Å². The molecule has 100 valence electrons. The Bertz CT molecular complexity index is 277. The van der Waals surface area contributed by atoms with Gasteiger partial charge in [0.1, 0.15) is 0 Å². The molecule has 1 rings (SSSR count). The van der Waals surface area contributed by atoms with Gasteiger partial charge in [-0.25, -0.2) is 0 Å². The Labute approximate surface area is 109 Å². The molecule has 0 saturated carbocycles. The van der Waals surface area contributed by atoms with Gasteiger partial charge in [0.25, 0.3) is 0 Å². The molecule has 1 fully saturated rings. The van der Waals surface area contributed by atoms with Gasteiger partial charge in [0, 0.05) is 11.3 Å². The van der Waals surface area contributed by atoms with Crippen molar-refractivity contribution < 1.29 is 9.90 Å². The first-order valence-electron chi connectivity index (χ1n) is 6.40. The molecule has 17 heavy (non-hydrogen) atoms. The predicted molar refractivity (Wildman–Crippen MR) is 73.6 cm³/mol. The van der Waals surface area contributed by atoms with Gasteiger partial charge in [-0.1, -0.05) is 27.7 Å². The van der Waals surface area contributed by atoms with Crippen LogP contribution in [0.25, 0.3) is 0 Å². The largest absolute Gasteiger partial charge is 0.481 e. The zero-order valence-corrected chi connectivity index (χ0v) is 12.3. The highest BCUT2D eigenvalue weighted by molar-refractivity contribution is 7.99. The van der Waals surface area contributed by atoms with Crippen LogP contribution in [0.4, 0.5) is 0 Å². The van der Waals surface area contributed by atoms with Crippen LogP contribution in [-0.4, -0.2) is 46.1 Å². The molecule has 1 atom stereocenters. The third kappa shape index (κ3) is 3.62. The van der Waals surface area contributed by atoms with Crippen LogP contribution in [0, 0.1) is 5.41 Å². The average Bonchev–Trinajstić information content (AvgIpc) is 2.16. The van der Waals surface area contributed by atoms with Gasteiger partial charge in [-0.05, 0) is 30.7 Å². The molecule has 1 aliphatic heterocycles. The average molecular weight is 259 g/mol. The molecule has 1 unspecified atom stereocenters. The lowest BCUT2D eigenvalue weighted by atomic mass is 9.77. The molecule has 0 radical (unpaired) electrons. The second-order valence-electron chi connectivity index (χ2n) is 5.80. The van der Waals surface area contributed by atoms with Crippen molar-refractivity contribution >= 4 is 17.7 Å². The van der Waals surface area contributed by atoms with Gasteiger partial charge >= 0.3 is 5.97 Å². The second-order valence-corrected chi connectivity index (χ2v) is 6.79. The summed E-state index contributed by atoms with van der Waals surface area (Å²) in [6.45, 7) is 10.6. The lowest BCUT2D eigenvalue weighted by Gasteiger charge is -2.50. The third-order valence-electron chi connectivity index (χ3n) is 3.59. The van der Waals surface area contributed by atoms with Crippen LogP contribution in [0.2, 0.25) is 0 Å². The quantitative estimate of drug-likeness (QED) is 0.824. The van der Waals surface area contributed by atoms with E-state index >= 15 is 0 Å². The molecule has 0 spiro atoms. The first-order chi connectivity index (χ1) is 7.85. The highest BCUT2D eigenvalue weighted by atomic mass is 32.2. The van der Waals surface area contributed by atoms with E-state index in [2.05, 4.69) is 32.6 Å². The lowest BCUT2D eigenvalue weighted by molar-refractivity contribution is -0.140. The second kappa shape index (κ2) is 5.61. The van der Waals surface area contributed by atoms with Crippen molar-refractivity contribution in [2.75, 3.05) is 24.6 Å². The van der Waals surface area contributed by atoms with E-state index < -0.39 is 5.97 Å². The minimum absolute atomic E-state index is 0.151. The number of carboxylic acid groups (broad SMARTS) is 1. The Balaban J connectivity index is 2.96. The molecule has 0 aromatic carbocycles. The van der Waals surface area contributed by atoms with E-state index in [0.717, 1.165) is 31.0 Å². The Morgan fingerprint density at radius 2 is 1.88 bits per heavy atom. The fourth-order valence-electron chi connectivity index (χ4n) is 3.11. The Morgan fingerprint density at radius 3 is 2.29 bits per heavy atom. The molecule has 1 saturated heterocycles. The molecule has 4 heteroatoms. The van der Waals surface area contributed by atoms with E-state index in [1.54, 1.807) is 0 Å². The van der Waals surface area contributed by atoms with E-state index in [1.807, 2.05) is 11.8 Å². The maximum absolute atomic E-state index is 11.2. The summed E-state index contributed by atoms with van der Waals surface area (Å²) in [6.07, 6.45) is 1.26. The van der Waals surface area contributed by atoms with Gasteiger partial charge in [0.2, 0.25) is 0 Å². The molecule has 3 nitrogen and oxygen atoms in total. The molecular formula is C13H25NO2S. The summed E-state index contributed by atoms with van der Waals surface area (Å²) in [6, 6.07) is 0. The van der Waals surface area contributed by atoms with Crippen LogP contribution in [0.3, 0.4) is 0 Å². The van der Waals surface area contributed by atoms with Crippen LogP contribution in [-0.2, 0) is 4.79 Å². The number of aliphatic carboxylic acids is 1. The van der Waals surface area contributed by atoms with Crippen molar-refractivity contribution in [3.8, 4) is 0 Å². The zero-order valence-electron chi connectivity index (χ0n) is 11.5. The normalized spacial score (nSPS) is 28.3. The number of hydrogen-bond acceptors (Lipinski definition) is 3. The van der Waals surface area contributed by atoms with E-state index in [4.69, 9.17) is 0 Å². The van der Waals surface area contributed by atoms with Crippen LogP contribution in [0.15, 0.2) is 0 Å². The van der Waals surface area contributed by atoms with Crippen LogP contribution < -0.4 is 0 Å². The van der Waals surface area contributed by atoms with Gasteiger partial charge in [0.05, 0.1) is 6.42 Å². The molecule has 0 bridgehead atoms. The maximum Gasteiger partial charge on any atom is 0.305 e. The first-order valence-corrected chi connectivity index (χ1v) is 7.55. The molecule has 1 heterocycles. The zero-order chi connectivity index (χ0) is 13.1. The minimum Gasteiger partial charge on any atom is -0.481 e. The minimum atomic E-state index is -0.671. The fourth-order valence-corrected chi connectivity index (χ4v) is 4.64. The smallest absolute Gasteiger partial charge is 0.305 e. The van der Waals surface area contributed by atoms with Crippen LogP contribution >= 0.6 is 11.8 Å². The van der Waals surface area contributed by atoms with Crippen LogP contribution in [0.1, 0.15) is 40.5 Å². The SMILES string of the molecule is CCN(CC)C1(CC(=O)O)CSCC(C)(C)C1. The summed E-state index contributed by atoms with van der Waals surface area (Å²) in [7, 11) is 0. The molecule has 0 amide bonds. The summed E-state index contributed by atoms with van der Waals surface area (Å²) in [4.78, 5) is 13.5. The van der Waals surface area contributed by atoms with Crippen molar-refractivity contribution in [1.82, 2.24) is 4.90 Å². The standard InChI is InChI=1S/C13H25NO2S/c1-5-14(6-2)13(7-11(15)16)8-12(3,4)9-17-10-13/h5-10H2,1-4H3,(H,15,16). The molecule has 0 aliphatic carbocycles.